The number of aryl methyl sites for hydroxylation is 2. The Hall–Kier alpha value is -2.72. The Bertz CT molecular complexity index is 1060. The highest BCUT2D eigenvalue weighted by atomic mass is 32.2. The molecule has 3 nitrogen and oxygen atoms in total. The molecular formula is C25H26N2OS. The van der Waals surface area contributed by atoms with Gasteiger partial charge < -0.3 is 9.30 Å². The first-order valence-electron chi connectivity index (χ1n) is 10.1. The molecule has 4 heteroatoms. The number of para-hydroxylation sites is 3. The first kappa shape index (κ1) is 19.6. The number of rotatable bonds is 9. The van der Waals surface area contributed by atoms with Crippen molar-refractivity contribution in [2.45, 2.75) is 37.0 Å². The largest absolute Gasteiger partial charge is 0.493 e. The van der Waals surface area contributed by atoms with E-state index < -0.39 is 0 Å². The lowest BCUT2D eigenvalue weighted by molar-refractivity contribution is 0.301. The summed E-state index contributed by atoms with van der Waals surface area (Å²) < 4.78 is 8.32. The van der Waals surface area contributed by atoms with Gasteiger partial charge in [-0.25, -0.2) is 4.98 Å². The Morgan fingerprint density at radius 2 is 1.62 bits per heavy atom. The van der Waals surface area contributed by atoms with E-state index in [2.05, 4.69) is 72.2 Å². The van der Waals surface area contributed by atoms with E-state index in [9.17, 15) is 0 Å². The summed E-state index contributed by atoms with van der Waals surface area (Å²) in [5.74, 6) is 3.00. The third-order valence-corrected chi connectivity index (χ3v) is 5.98. The molecule has 0 aliphatic carbocycles. The molecule has 3 aromatic carbocycles. The van der Waals surface area contributed by atoms with Crippen LogP contribution >= 0.6 is 11.8 Å². The van der Waals surface area contributed by atoms with Crippen LogP contribution in [0.1, 0.15) is 24.2 Å². The predicted molar refractivity (Wildman–Crippen MR) is 122 cm³/mol. The highest BCUT2D eigenvalue weighted by Crippen LogP contribution is 2.25. The van der Waals surface area contributed by atoms with E-state index in [-0.39, 0.29) is 0 Å². The molecule has 0 bridgehead atoms. The van der Waals surface area contributed by atoms with Crippen LogP contribution in [0.25, 0.3) is 11.0 Å². The number of thioether (sulfide) groups is 1. The van der Waals surface area contributed by atoms with Gasteiger partial charge in [-0.05, 0) is 55.7 Å². The lowest BCUT2D eigenvalue weighted by Gasteiger charge is -2.11. The molecule has 0 unspecified atom stereocenters. The van der Waals surface area contributed by atoms with Crippen molar-refractivity contribution in [1.29, 1.82) is 0 Å². The third kappa shape index (κ3) is 5.01. The topological polar surface area (TPSA) is 27.1 Å². The number of hydrogen-bond donors (Lipinski definition) is 0. The summed E-state index contributed by atoms with van der Waals surface area (Å²) in [6.45, 7) is 3.79. The minimum atomic E-state index is 0.742. The van der Waals surface area contributed by atoms with Gasteiger partial charge in [0.15, 0.2) is 0 Å². The van der Waals surface area contributed by atoms with Gasteiger partial charge in [-0.3, -0.25) is 0 Å². The molecule has 0 saturated heterocycles. The van der Waals surface area contributed by atoms with E-state index in [1.54, 1.807) is 0 Å². The maximum absolute atomic E-state index is 5.95. The van der Waals surface area contributed by atoms with Crippen LogP contribution in [-0.2, 0) is 12.3 Å². The lowest BCUT2D eigenvalue weighted by Crippen LogP contribution is -2.06. The molecule has 0 amide bonds. The van der Waals surface area contributed by atoms with Crippen LogP contribution in [0.3, 0.4) is 0 Å². The van der Waals surface area contributed by atoms with Gasteiger partial charge >= 0.3 is 0 Å². The zero-order valence-corrected chi connectivity index (χ0v) is 17.6. The van der Waals surface area contributed by atoms with E-state index in [1.165, 1.54) is 16.0 Å². The molecule has 29 heavy (non-hydrogen) atoms. The Balaban J connectivity index is 1.38. The van der Waals surface area contributed by atoms with Crippen LogP contribution in [0.4, 0.5) is 0 Å². The fourth-order valence-corrected chi connectivity index (χ4v) is 4.29. The van der Waals surface area contributed by atoms with Crippen molar-refractivity contribution < 1.29 is 4.74 Å². The summed E-state index contributed by atoms with van der Waals surface area (Å²) in [5, 5.41) is 0. The normalized spacial score (nSPS) is 11.1. The maximum atomic E-state index is 5.95. The van der Waals surface area contributed by atoms with Crippen molar-refractivity contribution in [2.75, 3.05) is 6.61 Å². The molecule has 0 fully saturated rings. The molecule has 0 aliphatic rings. The average Bonchev–Trinajstić information content (AvgIpc) is 3.11. The van der Waals surface area contributed by atoms with Gasteiger partial charge in [0.25, 0.3) is 0 Å². The van der Waals surface area contributed by atoms with Gasteiger partial charge in [0, 0.05) is 11.4 Å². The fourth-order valence-electron chi connectivity index (χ4n) is 3.42. The van der Waals surface area contributed by atoms with E-state index in [1.807, 2.05) is 30.0 Å². The second-order valence-electron chi connectivity index (χ2n) is 7.09. The summed E-state index contributed by atoms with van der Waals surface area (Å²) >= 11 is 1.84. The molecule has 1 heterocycles. The van der Waals surface area contributed by atoms with Crippen LogP contribution in [0.2, 0.25) is 0 Å². The highest BCUT2D eigenvalue weighted by Gasteiger charge is 2.10. The summed E-state index contributed by atoms with van der Waals surface area (Å²) in [6.07, 6.45) is 2.08. The van der Waals surface area contributed by atoms with Gasteiger partial charge in [-0.1, -0.05) is 48.5 Å². The molecule has 0 saturated carbocycles. The molecule has 0 aliphatic heterocycles. The summed E-state index contributed by atoms with van der Waals surface area (Å²) in [7, 11) is 0. The SMILES string of the molecule is Cc1ccccc1OCCCCn1c(CSc2ccccc2)nc2ccccc21. The van der Waals surface area contributed by atoms with E-state index >= 15 is 0 Å². The second kappa shape index (κ2) is 9.66. The van der Waals surface area contributed by atoms with Crippen LogP contribution in [0, 0.1) is 6.92 Å². The van der Waals surface area contributed by atoms with Gasteiger partial charge in [0.05, 0.1) is 23.4 Å². The molecule has 0 radical (unpaired) electrons. The van der Waals surface area contributed by atoms with Crippen molar-refractivity contribution in [3.63, 3.8) is 0 Å². The number of unbranched alkanes of at least 4 members (excludes halogenated alkanes) is 1. The Morgan fingerprint density at radius 1 is 0.862 bits per heavy atom. The molecule has 4 aromatic rings. The van der Waals surface area contributed by atoms with Crippen molar-refractivity contribution in [3.8, 4) is 5.75 Å². The second-order valence-corrected chi connectivity index (χ2v) is 8.14. The average molecular weight is 403 g/mol. The molecule has 0 atom stereocenters. The zero-order chi connectivity index (χ0) is 19.9. The Kier molecular flexibility index (Phi) is 6.52. The number of aromatic nitrogens is 2. The number of ether oxygens (including phenoxy) is 1. The van der Waals surface area contributed by atoms with Crippen molar-refractivity contribution in [2.24, 2.45) is 0 Å². The molecule has 0 spiro atoms. The van der Waals surface area contributed by atoms with Crippen LogP contribution in [0.5, 0.6) is 5.75 Å². The minimum Gasteiger partial charge on any atom is -0.493 e. The summed E-state index contributed by atoms with van der Waals surface area (Å²) in [5.41, 5.74) is 3.48. The van der Waals surface area contributed by atoms with Gasteiger partial charge in [0.1, 0.15) is 11.6 Å². The molecule has 0 N–H and O–H groups in total. The van der Waals surface area contributed by atoms with Crippen LogP contribution in [0.15, 0.2) is 83.8 Å². The number of nitrogens with zero attached hydrogens (tertiary/aromatic N) is 2. The van der Waals surface area contributed by atoms with Gasteiger partial charge in [0.2, 0.25) is 0 Å². The van der Waals surface area contributed by atoms with E-state index in [4.69, 9.17) is 9.72 Å². The lowest BCUT2D eigenvalue weighted by atomic mass is 10.2. The molecule has 1 aromatic heterocycles. The van der Waals surface area contributed by atoms with Gasteiger partial charge in [-0.2, -0.15) is 0 Å². The first-order chi connectivity index (χ1) is 14.3. The number of fused-ring (bicyclic) bond motifs is 1. The quantitative estimate of drug-likeness (QED) is 0.236. The fraction of sp³-hybridized carbons (Fsp3) is 0.240. The van der Waals surface area contributed by atoms with Crippen LogP contribution < -0.4 is 4.74 Å². The number of hydrogen-bond acceptors (Lipinski definition) is 3. The molecule has 4 rings (SSSR count). The zero-order valence-electron chi connectivity index (χ0n) is 16.8. The molecular weight excluding hydrogens is 376 g/mol. The molecule has 148 valence electrons. The van der Waals surface area contributed by atoms with E-state index in [0.29, 0.717) is 0 Å². The standard InChI is InChI=1S/C25H26N2OS/c1-20-11-5-8-16-24(20)28-18-10-9-17-27-23-15-7-6-14-22(23)26-25(27)19-29-21-12-3-2-4-13-21/h2-8,11-16H,9-10,17-19H2,1H3. The number of imidazole rings is 1. The van der Waals surface area contributed by atoms with Gasteiger partial charge in [-0.15, -0.1) is 11.8 Å². The van der Waals surface area contributed by atoms with E-state index in [0.717, 1.165) is 48.8 Å². The Labute approximate surface area is 176 Å². The van der Waals surface area contributed by atoms with Crippen molar-refractivity contribution >= 4 is 22.8 Å². The van der Waals surface area contributed by atoms with Crippen LogP contribution in [-0.4, -0.2) is 16.2 Å². The third-order valence-electron chi connectivity index (χ3n) is 4.97. The summed E-state index contributed by atoms with van der Waals surface area (Å²) in [6, 6.07) is 27.1. The smallest absolute Gasteiger partial charge is 0.122 e. The predicted octanol–water partition coefficient (Wildman–Crippen LogP) is 6.50. The first-order valence-corrected chi connectivity index (χ1v) is 11.1. The Morgan fingerprint density at radius 3 is 2.48 bits per heavy atom. The summed E-state index contributed by atoms with van der Waals surface area (Å²) in [4.78, 5) is 6.17. The minimum absolute atomic E-state index is 0.742. The number of benzene rings is 3. The van der Waals surface area contributed by atoms with Crippen molar-refractivity contribution in [1.82, 2.24) is 9.55 Å². The maximum Gasteiger partial charge on any atom is 0.122 e. The monoisotopic (exact) mass is 402 g/mol. The van der Waals surface area contributed by atoms with Crippen molar-refractivity contribution in [3.05, 3.63) is 90.3 Å². The highest BCUT2D eigenvalue weighted by molar-refractivity contribution is 7.98.